The van der Waals surface area contributed by atoms with E-state index < -0.39 is 0 Å². The van der Waals surface area contributed by atoms with Gasteiger partial charge in [-0.2, -0.15) is 11.3 Å². The number of carbonyl (C=O) groups is 1. The molecule has 0 spiro atoms. The molecule has 2 atom stereocenters. The SMILES string of the molecule is CCC1CN(CC(=O)N(C)Cc2ccsc2)C(CC)CN1. The molecule has 21 heavy (non-hydrogen) atoms. The van der Waals surface area contributed by atoms with Gasteiger partial charge in [-0.3, -0.25) is 9.69 Å². The number of hydrogen-bond acceptors (Lipinski definition) is 4. The van der Waals surface area contributed by atoms with Crippen molar-refractivity contribution in [3.8, 4) is 0 Å². The Labute approximate surface area is 132 Å². The summed E-state index contributed by atoms with van der Waals surface area (Å²) < 4.78 is 0. The lowest BCUT2D eigenvalue weighted by Crippen LogP contribution is -2.58. The third-order valence-corrected chi connectivity index (χ3v) is 5.07. The van der Waals surface area contributed by atoms with E-state index in [0.29, 0.717) is 25.2 Å². The molecule has 2 rings (SSSR count). The van der Waals surface area contributed by atoms with E-state index in [2.05, 4.69) is 40.9 Å². The minimum atomic E-state index is 0.219. The normalized spacial score (nSPS) is 23.2. The van der Waals surface area contributed by atoms with Gasteiger partial charge in [-0.15, -0.1) is 0 Å². The molecule has 1 aromatic rings. The van der Waals surface area contributed by atoms with Crippen LogP contribution in [0.4, 0.5) is 0 Å². The number of piperazine rings is 1. The molecule has 1 aliphatic heterocycles. The fourth-order valence-corrected chi connectivity index (χ4v) is 3.50. The van der Waals surface area contributed by atoms with E-state index in [9.17, 15) is 4.79 Å². The number of nitrogens with zero attached hydrogens (tertiary/aromatic N) is 2. The highest BCUT2D eigenvalue weighted by atomic mass is 32.1. The van der Waals surface area contributed by atoms with Crippen molar-refractivity contribution in [2.75, 3.05) is 26.7 Å². The molecule has 4 nitrogen and oxygen atoms in total. The van der Waals surface area contributed by atoms with Crippen LogP contribution in [0.15, 0.2) is 16.8 Å². The number of carbonyl (C=O) groups excluding carboxylic acids is 1. The Morgan fingerprint density at radius 3 is 2.90 bits per heavy atom. The average Bonchev–Trinajstić information content (AvgIpc) is 2.99. The standard InChI is InChI=1S/C16H27N3OS/c1-4-14-10-19(15(5-2)8-17-14)11-16(20)18(3)9-13-6-7-21-12-13/h6-7,12,14-15,17H,4-5,8-11H2,1-3H3. The van der Waals surface area contributed by atoms with Gasteiger partial charge >= 0.3 is 0 Å². The van der Waals surface area contributed by atoms with Crippen molar-refractivity contribution < 1.29 is 4.79 Å². The Hall–Kier alpha value is -0.910. The number of likely N-dealkylation sites (N-methyl/N-ethyl adjacent to an activating group) is 1. The maximum Gasteiger partial charge on any atom is 0.236 e. The first-order valence-corrected chi connectivity index (χ1v) is 8.80. The number of nitrogens with one attached hydrogen (secondary N) is 1. The largest absolute Gasteiger partial charge is 0.340 e. The van der Waals surface area contributed by atoms with Crippen molar-refractivity contribution >= 4 is 17.2 Å². The van der Waals surface area contributed by atoms with Gasteiger partial charge in [0.25, 0.3) is 0 Å². The summed E-state index contributed by atoms with van der Waals surface area (Å²) in [4.78, 5) is 16.7. The smallest absolute Gasteiger partial charge is 0.236 e. The second-order valence-corrected chi connectivity index (χ2v) is 6.67. The molecule has 118 valence electrons. The van der Waals surface area contributed by atoms with E-state index in [1.165, 1.54) is 5.56 Å². The van der Waals surface area contributed by atoms with Crippen LogP contribution in [-0.2, 0) is 11.3 Å². The van der Waals surface area contributed by atoms with E-state index in [1.807, 2.05) is 11.9 Å². The molecule has 0 radical (unpaired) electrons. The Morgan fingerprint density at radius 1 is 1.48 bits per heavy atom. The van der Waals surface area contributed by atoms with Crippen LogP contribution in [0.25, 0.3) is 0 Å². The molecule has 2 unspecified atom stereocenters. The highest BCUT2D eigenvalue weighted by Gasteiger charge is 2.28. The summed E-state index contributed by atoms with van der Waals surface area (Å²) >= 11 is 1.68. The maximum atomic E-state index is 12.5. The number of rotatable bonds is 6. The van der Waals surface area contributed by atoms with Crippen molar-refractivity contribution in [1.29, 1.82) is 0 Å². The van der Waals surface area contributed by atoms with Crippen LogP contribution >= 0.6 is 11.3 Å². The molecule has 1 amide bonds. The van der Waals surface area contributed by atoms with Crippen molar-refractivity contribution in [3.05, 3.63) is 22.4 Å². The fourth-order valence-electron chi connectivity index (χ4n) is 2.84. The van der Waals surface area contributed by atoms with E-state index in [0.717, 1.165) is 25.9 Å². The molecular weight excluding hydrogens is 282 g/mol. The second kappa shape index (κ2) is 7.92. The van der Waals surface area contributed by atoms with Crippen molar-refractivity contribution in [1.82, 2.24) is 15.1 Å². The first kappa shape index (κ1) is 16.5. The zero-order valence-corrected chi connectivity index (χ0v) is 14.2. The van der Waals surface area contributed by atoms with Gasteiger partial charge in [-0.25, -0.2) is 0 Å². The van der Waals surface area contributed by atoms with E-state index in [4.69, 9.17) is 0 Å². The molecule has 0 saturated carbocycles. The average molecular weight is 309 g/mol. The third kappa shape index (κ3) is 4.53. The van der Waals surface area contributed by atoms with Gasteiger partial charge in [0, 0.05) is 38.8 Å². The Bertz CT molecular complexity index is 435. The van der Waals surface area contributed by atoms with Crippen molar-refractivity contribution in [2.45, 2.75) is 45.3 Å². The lowest BCUT2D eigenvalue weighted by Gasteiger charge is -2.40. The van der Waals surface area contributed by atoms with Gasteiger partial charge < -0.3 is 10.2 Å². The minimum absolute atomic E-state index is 0.219. The van der Waals surface area contributed by atoms with Crippen LogP contribution in [-0.4, -0.2) is 54.5 Å². The summed E-state index contributed by atoms with van der Waals surface area (Å²) in [6.45, 7) is 7.63. The molecule has 5 heteroatoms. The van der Waals surface area contributed by atoms with Crippen LogP contribution < -0.4 is 5.32 Å². The van der Waals surface area contributed by atoms with E-state index in [1.54, 1.807) is 11.3 Å². The summed E-state index contributed by atoms with van der Waals surface area (Å²) in [6, 6.07) is 3.08. The second-order valence-electron chi connectivity index (χ2n) is 5.89. The Balaban J connectivity index is 1.89. The highest BCUT2D eigenvalue weighted by Crippen LogP contribution is 2.13. The van der Waals surface area contributed by atoms with Gasteiger partial charge in [0.15, 0.2) is 0 Å². The topological polar surface area (TPSA) is 35.6 Å². The van der Waals surface area contributed by atoms with Gasteiger partial charge in [-0.05, 0) is 35.2 Å². The predicted octanol–water partition coefficient (Wildman–Crippen LogP) is 2.17. The molecule has 0 bridgehead atoms. The Morgan fingerprint density at radius 2 is 2.29 bits per heavy atom. The monoisotopic (exact) mass is 309 g/mol. The first-order chi connectivity index (χ1) is 10.1. The molecule has 1 fully saturated rings. The van der Waals surface area contributed by atoms with Crippen LogP contribution in [0.2, 0.25) is 0 Å². The van der Waals surface area contributed by atoms with Crippen LogP contribution in [0.1, 0.15) is 32.3 Å². The lowest BCUT2D eigenvalue weighted by molar-refractivity contribution is -0.132. The molecule has 2 heterocycles. The van der Waals surface area contributed by atoms with E-state index in [-0.39, 0.29) is 5.91 Å². The van der Waals surface area contributed by atoms with Crippen molar-refractivity contribution in [3.63, 3.8) is 0 Å². The van der Waals surface area contributed by atoms with Gasteiger partial charge in [0.1, 0.15) is 0 Å². The maximum absolute atomic E-state index is 12.5. The molecule has 0 aliphatic carbocycles. The molecule has 1 aromatic heterocycles. The molecule has 1 aliphatic rings. The number of hydrogen-bond donors (Lipinski definition) is 1. The highest BCUT2D eigenvalue weighted by molar-refractivity contribution is 7.07. The summed E-state index contributed by atoms with van der Waals surface area (Å²) in [5.41, 5.74) is 1.22. The zero-order chi connectivity index (χ0) is 15.2. The van der Waals surface area contributed by atoms with Crippen LogP contribution in [0, 0.1) is 0 Å². The summed E-state index contributed by atoms with van der Waals surface area (Å²) in [6.07, 6.45) is 2.21. The molecular formula is C16H27N3OS. The summed E-state index contributed by atoms with van der Waals surface area (Å²) in [7, 11) is 1.90. The minimum Gasteiger partial charge on any atom is -0.340 e. The van der Waals surface area contributed by atoms with E-state index >= 15 is 0 Å². The molecule has 1 saturated heterocycles. The lowest BCUT2D eigenvalue weighted by atomic mass is 10.1. The molecule has 0 aromatic carbocycles. The predicted molar refractivity (Wildman–Crippen MR) is 88.5 cm³/mol. The third-order valence-electron chi connectivity index (χ3n) is 4.34. The summed E-state index contributed by atoms with van der Waals surface area (Å²) in [5, 5.41) is 7.74. The Kier molecular flexibility index (Phi) is 6.21. The number of thiophene rings is 1. The van der Waals surface area contributed by atoms with Gasteiger partial charge in [0.2, 0.25) is 5.91 Å². The quantitative estimate of drug-likeness (QED) is 0.875. The fraction of sp³-hybridized carbons (Fsp3) is 0.688. The van der Waals surface area contributed by atoms with Crippen LogP contribution in [0.5, 0.6) is 0 Å². The summed E-state index contributed by atoms with van der Waals surface area (Å²) in [5.74, 6) is 0.219. The van der Waals surface area contributed by atoms with Gasteiger partial charge in [-0.1, -0.05) is 13.8 Å². The number of amides is 1. The van der Waals surface area contributed by atoms with Gasteiger partial charge in [0.05, 0.1) is 6.54 Å². The van der Waals surface area contributed by atoms with Crippen molar-refractivity contribution in [2.24, 2.45) is 0 Å². The zero-order valence-electron chi connectivity index (χ0n) is 13.3. The first-order valence-electron chi connectivity index (χ1n) is 7.86. The van der Waals surface area contributed by atoms with Crippen LogP contribution in [0.3, 0.4) is 0 Å². The molecule has 1 N–H and O–H groups in total.